The number of nitrogens with one attached hydrogen (secondary N) is 1. The van der Waals surface area contributed by atoms with Crippen LogP contribution in [0, 0.1) is 0 Å². The molecule has 0 unspecified atom stereocenters. The van der Waals surface area contributed by atoms with Crippen molar-refractivity contribution in [2.24, 2.45) is 0 Å². The number of rotatable bonds is 5. The maximum atomic E-state index is 12.4. The van der Waals surface area contributed by atoms with Gasteiger partial charge in [-0.05, 0) is 24.3 Å². The van der Waals surface area contributed by atoms with Gasteiger partial charge in [-0.1, -0.05) is 35.5 Å². The number of ether oxygens (including phenoxy) is 1. The molecule has 7 heteroatoms. The molecule has 2 aromatic carbocycles. The van der Waals surface area contributed by atoms with Gasteiger partial charge in [0.1, 0.15) is 22.6 Å². The lowest BCUT2D eigenvalue weighted by atomic mass is 10.1. The SMILES string of the molecule is COc1cccc(-c2cc(CNC(=O)c3cc4ccccc4oc3=O)no2)c1. The molecule has 28 heavy (non-hydrogen) atoms. The van der Waals surface area contributed by atoms with Crippen molar-refractivity contribution in [2.75, 3.05) is 7.11 Å². The minimum absolute atomic E-state index is 0.0600. The molecule has 0 fully saturated rings. The monoisotopic (exact) mass is 376 g/mol. The van der Waals surface area contributed by atoms with E-state index in [2.05, 4.69) is 10.5 Å². The van der Waals surface area contributed by atoms with E-state index < -0.39 is 11.5 Å². The van der Waals surface area contributed by atoms with Gasteiger partial charge in [-0.3, -0.25) is 4.79 Å². The Hall–Kier alpha value is -3.87. The quantitative estimate of drug-likeness (QED) is 0.537. The van der Waals surface area contributed by atoms with Crippen LogP contribution in [0.3, 0.4) is 0 Å². The van der Waals surface area contributed by atoms with Crippen LogP contribution >= 0.6 is 0 Å². The predicted octanol–water partition coefficient (Wildman–Crippen LogP) is 3.39. The van der Waals surface area contributed by atoms with Crippen LogP contribution in [-0.2, 0) is 6.54 Å². The van der Waals surface area contributed by atoms with Crippen molar-refractivity contribution in [3.05, 3.63) is 82.3 Å². The van der Waals surface area contributed by atoms with Gasteiger partial charge >= 0.3 is 5.63 Å². The number of amides is 1. The van der Waals surface area contributed by atoms with Gasteiger partial charge in [-0.15, -0.1) is 0 Å². The second-order valence-electron chi connectivity index (χ2n) is 6.08. The number of fused-ring (bicyclic) bond motifs is 1. The van der Waals surface area contributed by atoms with E-state index in [0.717, 1.165) is 5.56 Å². The molecule has 0 spiro atoms. The maximum absolute atomic E-state index is 12.4. The number of carbonyl (C=O) groups is 1. The first-order valence-electron chi connectivity index (χ1n) is 8.55. The van der Waals surface area contributed by atoms with E-state index in [1.54, 1.807) is 37.4 Å². The largest absolute Gasteiger partial charge is 0.497 e. The number of hydrogen-bond donors (Lipinski definition) is 1. The van der Waals surface area contributed by atoms with Crippen LogP contribution < -0.4 is 15.7 Å². The Bertz CT molecular complexity index is 1210. The van der Waals surface area contributed by atoms with E-state index in [0.29, 0.717) is 28.2 Å². The standard InChI is InChI=1S/C21H16N2O5/c1-26-16-7-4-6-13(9-16)19-11-15(23-28-19)12-22-20(24)17-10-14-5-2-3-8-18(14)27-21(17)25/h2-11H,12H2,1H3,(H,22,24). The number of para-hydroxylation sites is 1. The summed E-state index contributed by atoms with van der Waals surface area (Å²) in [4.78, 5) is 24.5. The molecular formula is C21H16N2O5. The van der Waals surface area contributed by atoms with Gasteiger partial charge in [0.15, 0.2) is 5.76 Å². The first kappa shape index (κ1) is 17.5. The lowest BCUT2D eigenvalue weighted by Gasteiger charge is -2.03. The zero-order chi connectivity index (χ0) is 19.5. The summed E-state index contributed by atoms with van der Waals surface area (Å²) in [5, 5.41) is 7.29. The highest BCUT2D eigenvalue weighted by Gasteiger charge is 2.15. The van der Waals surface area contributed by atoms with Crippen LogP contribution in [-0.4, -0.2) is 18.2 Å². The minimum atomic E-state index is -0.687. The third-order valence-corrected chi connectivity index (χ3v) is 4.23. The molecule has 0 aliphatic heterocycles. The molecule has 2 heterocycles. The summed E-state index contributed by atoms with van der Waals surface area (Å²) >= 11 is 0. The summed E-state index contributed by atoms with van der Waals surface area (Å²) < 4.78 is 15.7. The molecule has 4 rings (SSSR count). The number of carbonyl (C=O) groups excluding carboxylic acids is 1. The highest BCUT2D eigenvalue weighted by Crippen LogP contribution is 2.24. The van der Waals surface area contributed by atoms with Gasteiger partial charge in [0.25, 0.3) is 5.91 Å². The van der Waals surface area contributed by atoms with Gasteiger partial charge in [0.05, 0.1) is 13.7 Å². The molecule has 0 bridgehead atoms. The van der Waals surface area contributed by atoms with Crippen LogP contribution in [0.4, 0.5) is 0 Å². The molecule has 4 aromatic rings. The van der Waals surface area contributed by atoms with Crippen LogP contribution in [0.1, 0.15) is 16.1 Å². The summed E-state index contributed by atoms with van der Waals surface area (Å²) in [6.45, 7) is 0.110. The van der Waals surface area contributed by atoms with E-state index in [1.165, 1.54) is 6.07 Å². The Labute approximate surface area is 159 Å². The number of hydrogen-bond acceptors (Lipinski definition) is 6. The molecule has 0 atom stereocenters. The van der Waals surface area contributed by atoms with Crippen LogP contribution in [0.15, 0.2) is 74.4 Å². The van der Waals surface area contributed by atoms with Gasteiger partial charge < -0.3 is 19.0 Å². The van der Waals surface area contributed by atoms with Gasteiger partial charge in [-0.2, -0.15) is 0 Å². The summed E-state index contributed by atoms with van der Waals surface area (Å²) in [7, 11) is 1.59. The van der Waals surface area contributed by atoms with E-state index in [-0.39, 0.29) is 12.1 Å². The Balaban J connectivity index is 1.49. The van der Waals surface area contributed by atoms with Crippen LogP contribution in [0.25, 0.3) is 22.3 Å². The topological polar surface area (TPSA) is 94.6 Å². The van der Waals surface area contributed by atoms with Crippen molar-refractivity contribution >= 4 is 16.9 Å². The van der Waals surface area contributed by atoms with E-state index >= 15 is 0 Å². The fraction of sp³-hybridized carbons (Fsp3) is 0.0952. The summed E-state index contributed by atoms with van der Waals surface area (Å²) in [5.74, 6) is 0.714. The van der Waals surface area contributed by atoms with Crippen molar-refractivity contribution in [3.63, 3.8) is 0 Å². The molecule has 0 saturated carbocycles. The van der Waals surface area contributed by atoms with Crippen molar-refractivity contribution in [3.8, 4) is 17.1 Å². The molecule has 1 N–H and O–H groups in total. The summed E-state index contributed by atoms with van der Waals surface area (Å²) in [5.41, 5.74) is 1.02. The number of benzene rings is 2. The Morgan fingerprint density at radius 1 is 1.11 bits per heavy atom. The van der Waals surface area contributed by atoms with Gasteiger partial charge in [0.2, 0.25) is 0 Å². The predicted molar refractivity (Wildman–Crippen MR) is 102 cm³/mol. The first-order valence-corrected chi connectivity index (χ1v) is 8.55. The fourth-order valence-corrected chi connectivity index (χ4v) is 2.79. The molecule has 0 aliphatic rings. The third-order valence-electron chi connectivity index (χ3n) is 4.23. The molecule has 1 amide bonds. The molecular weight excluding hydrogens is 360 g/mol. The van der Waals surface area contributed by atoms with Crippen LogP contribution in [0.5, 0.6) is 5.75 Å². The highest BCUT2D eigenvalue weighted by atomic mass is 16.5. The maximum Gasteiger partial charge on any atom is 0.349 e. The zero-order valence-electron chi connectivity index (χ0n) is 15.0. The number of methoxy groups -OCH3 is 1. The smallest absolute Gasteiger partial charge is 0.349 e. The minimum Gasteiger partial charge on any atom is -0.497 e. The summed E-state index contributed by atoms with van der Waals surface area (Å²) in [6.07, 6.45) is 0. The highest BCUT2D eigenvalue weighted by molar-refractivity contribution is 5.96. The first-order chi connectivity index (χ1) is 13.6. The van der Waals surface area contributed by atoms with E-state index in [1.807, 2.05) is 24.3 Å². The molecule has 0 saturated heterocycles. The third kappa shape index (κ3) is 3.50. The Kier molecular flexibility index (Phi) is 4.63. The lowest BCUT2D eigenvalue weighted by Crippen LogP contribution is -2.27. The number of aromatic nitrogens is 1. The molecule has 0 radical (unpaired) electrons. The van der Waals surface area contributed by atoms with Crippen molar-refractivity contribution in [1.29, 1.82) is 0 Å². The van der Waals surface area contributed by atoms with Crippen molar-refractivity contribution in [2.45, 2.75) is 6.54 Å². The molecule has 0 aliphatic carbocycles. The van der Waals surface area contributed by atoms with Gasteiger partial charge in [-0.25, -0.2) is 4.79 Å². The van der Waals surface area contributed by atoms with E-state index in [9.17, 15) is 9.59 Å². The van der Waals surface area contributed by atoms with E-state index in [4.69, 9.17) is 13.7 Å². The van der Waals surface area contributed by atoms with Gasteiger partial charge in [0, 0.05) is 17.0 Å². The Morgan fingerprint density at radius 3 is 2.82 bits per heavy atom. The average molecular weight is 376 g/mol. The average Bonchev–Trinajstić information content (AvgIpc) is 3.20. The number of nitrogens with zero attached hydrogens (tertiary/aromatic N) is 1. The second-order valence-corrected chi connectivity index (χ2v) is 6.08. The Morgan fingerprint density at radius 2 is 1.96 bits per heavy atom. The fourth-order valence-electron chi connectivity index (χ4n) is 2.79. The normalized spacial score (nSPS) is 10.8. The van der Waals surface area contributed by atoms with Crippen molar-refractivity contribution in [1.82, 2.24) is 10.5 Å². The molecule has 140 valence electrons. The van der Waals surface area contributed by atoms with Crippen LogP contribution in [0.2, 0.25) is 0 Å². The molecule has 2 aromatic heterocycles. The molecule has 7 nitrogen and oxygen atoms in total. The summed E-state index contributed by atoms with van der Waals surface area (Å²) in [6, 6.07) is 17.6. The lowest BCUT2D eigenvalue weighted by molar-refractivity contribution is 0.0946. The second kappa shape index (κ2) is 7.40. The zero-order valence-corrected chi connectivity index (χ0v) is 15.0. The van der Waals surface area contributed by atoms with Crippen molar-refractivity contribution < 1.29 is 18.5 Å².